The molecule has 2 aliphatic heterocycles. The molecule has 2 aliphatic rings. The number of alkyl carbamates (subject to hydrolysis) is 2. The van der Waals surface area contributed by atoms with Gasteiger partial charge in [-0.15, -0.1) is 0 Å². The number of hydrogen-bond donors (Lipinski definition) is 4. The number of aliphatic hydroxyl groups excluding tert-OH is 1. The quantitative estimate of drug-likeness (QED) is 0.204. The van der Waals surface area contributed by atoms with Crippen LogP contribution in [0.1, 0.15) is 44.7 Å². The number of hydrogen-bond acceptors (Lipinski definition) is 9. The smallest absolute Gasteiger partial charge is 0.407 e. The average molecular weight is 689 g/mol. The van der Waals surface area contributed by atoms with Crippen LogP contribution in [0.4, 0.5) is 9.59 Å². The highest BCUT2D eigenvalue weighted by Crippen LogP contribution is 2.33. The van der Waals surface area contributed by atoms with Crippen molar-refractivity contribution in [2.24, 2.45) is 11.3 Å². The Morgan fingerprint density at radius 2 is 1.62 bits per heavy atom. The van der Waals surface area contributed by atoms with E-state index in [0.29, 0.717) is 13.0 Å². The Kier molecular flexibility index (Phi) is 12.4. The topological polar surface area (TPSA) is 157 Å². The summed E-state index contributed by atoms with van der Waals surface area (Å²) in [6.07, 6.45) is 0.0237. The number of nitrogens with zero attached hydrogens (tertiary/aromatic N) is 1. The van der Waals surface area contributed by atoms with Gasteiger partial charge in [0.15, 0.2) is 6.29 Å². The second-order valence-corrected chi connectivity index (χ2v) is 14.0. The van der Waals surface area contributed by atoms with E-state index in [0.717, 1.165) is 28.8 Å². The molecule has 1 aromatic heterocycles. The fraction of sp³-hybridized carbons (Fsp3) is 0.474. The molecule has 3 amide bonds. The summed E-state index contributed by atoms with van der Waals surface area (Å²) in [5.41, 5.74) is 2.90. The number of carbonyl (C=O) groups excluding carboxylic acids is 3. The monoisotopic (exact) mass is 688 g/mol. The maximum absolute atomic E-state index is 13.8. The summed E-state index contributed by atoms with van der Waals surface area (Å²) in [4.78, 5) is 43.7. The zero-order chi connectivity index (χ0) is 35.7. The molecular formula is C38H48N4O8. The number of pyridine rings is 1. The lowest BCUT2D eigenvalue weighted by atomic mass is 9.85. The first kappa shape index (κ1) is 36.8. The van der Waals surface area contributed by atoms with Gasteiger partial charge in [0.25, 0.3) is 0 Å². The Labute approximate surface area is 293 Å². The van der Waals surface area contributed by atoms with Gasteiger partial charge in [0.05, 0.1) is 44.1 Å². The highest BCUT2D eigenvalue weighted by atomic mass is 16.7. The van der Waals surface area contributed by atoms with E-state index in [4.69, 9.17) is 18.9 Å². The van der Waals surface area contributed by atoms with Gasteiger partial charge < -0.3 is 40.0 Å². The van der Waals surface area contributed by atoms with Gasteiger partial charge in [0.2, 0.25) is 5.91 Å². The third-order valence-electron chi connectivity index (χ3n) is 9.15. The molecular weight excluding hydrogens is 640 g/mol. The first-order valence-corrected chi connectivity index (χ1v) is 17.1. The molecule has 2 fully saturated rings. The van der Waals surface area contributed by atoms with Crippen molar-refractivity contribution in [3.63, 3.8) is 0 Å². The van der Waals surface area contributed by atoms with E-state index in [9.17, 15) is 19.5 Å². The van der Waals surface area contributed by atoms with E-state index in [1.54, 1.807) is 6.20 Å². The van der Waals surface area contributed by atoms with E-state index in [2.05, 4.69) is 20.9 Å². The van der Waals surface area contributed by atoms with Gasteiger partial charge in [-0.05, 0) is 54.4 Å². The molecule has 0 saturated carbocycles. The predicted molar refractivity (Wildman–Crippen MR) is 186 cm³/mol. The molecule has 12 heteroatoms. The average Bonchev–Trinajstić information content (AvgIpc) is 3.72. The molecule has 7 atom stereocenters. The van der Waals surface area contributed by atoms with Crippen molar-refractivity contribution in [1.29, 1.82) is 0 Å². The zero-order valence-corrected chi connectivity index (χ0v) is 29.0. The van der Waals surface area contributed by atoms with Gasteiger partial charge in [0, 0.05) is 17.8 Å². The predicted octanol–water partition coefficient (Wildman–Crippen LogP) is 4.40. The fourth-order valence-electron chi connectivity index (χ4n) is 6.43. The van der Waals surface area contributed by atoms with Crippen LogP contribution in [0.3, 0.4) is 0 Å². The lowest BCUT2D eigenvalue weighted by Gasteiger charge is -2.33. The molecule has 268 valence electrons. The van der Waals surface area contributed by atoms with E-state index in [1.165, 1.54) is 7.11 Å². The minimum absolute atomic E-state index is 0.0167. The third-order valence-corrected chi connectivity index (χ3v) is 9.15. The standard InChI is InChI=1S/C38H48N4O8/c1-38(2,3)33(42-36(45)47-4)34(44)41-30(21-25-13-15-26(16-14-25)29-12-8-9-18-39-29)31(43)22-27(20-24-10-6-5-7-11-24)40-37(46)50-32-23-49-35-28(32)17-19-48-35/h5-16,18,27-28,30-33,35,43H,17,19-23H2,1-4H3,(H,40,46)(H,41,44)(H,42,45)/t27?,28-,30?,31?,32+,33?,35+/m1/s1. The maximum atomic E-state index is 13.8. The Morgan fingerprint density at radius 3 is 2.30 bits per heavy atom. The van der Waals surface area contributed by atoms with Gasteiger partial charge in [-0.2, -0.15) is 0 Å². The number of carbonyl (C=O) groups is 3. The summed E-state index contributed by atoms with van der Waals surface area (Å²) in [5, 5.41) is 20.5. The van der Waals surface area contributed by atoms with Crippen molar-refractivity contribution in [3.05, 3.63) is 90.1 Å². The molecule has 3 heterocycles. The van der Waals surface area contributed by atoms with Crippen LogP contribution in [-0.2, 0) is 36.6 Å². The highest BCUT2D eigenvalue weighted by molar-refractivity contribution is 5.86. The van der Waals surface area contributed by atoms with Crippen molar-refractivity contribution in [2.75, 3.05) is 20.3 Å². The van der Waals surface area contributed by atoms with Crippen LogP contribution < -0.4 is 16.0 Å². The van der Waals surface area contributed by atoms with Gasteiger partial charge >= 0.3 is 12.2 Å². The van der Waals surface area contributed by atoms with E-state index in [-0.39, 0.29) is 31.7 Å². The summed E-state index contributed by atoms with van der Waals surface area (Å²) in [6, 6.07) is 20.8. The first-order valence-electron chi connectivity index (χ1n) is 17.1. The van der Waals surface area contributed by atoms with Crippen LogP contribution in [-0.4, -0.2) is 85.1 Å². The number of benzene rings is 2. The molecule has 5 rings (SSSR count). The minimum Gasteiger partial charge on any atom is -0.453 e. The largest absolute Gasteiger partial charge is 0.453 e. The van der Waals surface area contributed by atoms with Crippen molar-refractivity contribution in [2.45, 2.75) is 83.1 Å². The van der Waals surface area contributed by atoms with E-state index >= 15 is 0 Å². The normalized spacial score (nSPS) is 20.9. The van der Waals surface area contributed by atoms with Crippen LogP contribution in [0.5, 0.6) is 0 Å². The summed E-state index contributed by atoms with van der Waals surface area (Å²) in [7, 11) is 1.23. The minimum atomic E-state index is -1.11. The van der Waals surface area contributed by atoms with E-state index in [1.807, 2.05) is 93.6 Å². The number of aromatic nitrogens is 1. The Morgan fingerprint density at radius 1 is 0.900 bits per heavy atom. The molecule has 2 aromatic carbocycles. The molecule has 4 N–H and O–H groups in total. The van der Waals surface area contributed by atoms with Crippen molar-refractivity contribution in [3.8, 4) is 11.3 Å². The second-order valence-electron chi connectivity index (χ2n) is 14.0. The molecule has 50 heavy (non-hydrogen) atoms. The lowest BCUT2D eigenvalue weighted by molar-refractivity contribution is -0.127. The van der Waals surface area contributed by atoms with Gasteiger partial charge in [-0.1, -0.05) is 81.4 Å². The highest BCUT2D eigenvalue weighted by Gasteiger charge is 2.44. The summed E-state index contributed by atoms with van der Waals surface area (Å²) in [6.45, 7) is 6.31. The van der Waals surface area contributed by atoms with Crippen LogP contribution in [0.25, 0.3) is 11.3 Å². The van der Waals surface area contributed by atoms with Crippen LogP contribution in [0.2, 0.25) is 0 Å². The van der Waals surface area contributed by atoms with Crippen LogP contribution >= 0.6 is 0 Å². The van der Waals surface area contributed by atoms with Crippen molar-refractivity contribution < 1.29 is 38.4 Å². The van der Waals surface area contributed by atoms with Gasteiger partial charge in [-0.25, -0.2) is 9.59 Å². The summed E-state index contributed by atoms with van der Waals surface area (Å²) < 4.78 is 21.8. The Bertz CT molecular complexity index is 1550. The van der Waals surface area contributed by atoms with Crippen LogP contribution in [0, 0.1) is 11.3 Å². The van der Waals surface area contributed by atoms with Gasteiger partial charge in [-0.3, -0.25) is 9.78 Å². The summed E-state index contributed by atoms with van der Waals surface area (Å²) in [5.74, 6) is -0.490. The molecule has 4 unspecified atom stereocenters. The van der Waals surface area contributed by atoms with Gasteiger partial charge in [0.1, 0.15) is 12.1 Å². The van der Waals surface area contributed by atoms with Crippen molar-refractivity contribution >= 4 is 18.1 Å². The molecule has 0 bridgehead atoms. The Hall–Kier alpha value is -4.52. The third kappa shape index (κ3) is 10.0. The van der Waals surface area contributed by atoms with Crippen LogP contribution in [0.15, 0.2) is 79.0 Å². The number of rotatable bonds is 13. The number of aliphatic hydroxyl groups is 1. The molecule has 2 saturated heterocycles. The number of fused-ring (bicyclic) bond motifs is 1. The molecule has 3 aromatic rings. The van der Waals surface area contributed by atoms with E-state index < -0.39 is 53.8 Å². The molecule has 12 nitrogen and oxygen atoms in total. The zero-order valence-electron chi connectivity index (χ0n) is 29.0. The van der Waals surface area contributed by atoms with Crippen molar-refractivity contribution in [1.82, 2.24) is 20.9 Å². The molecule has 0 aliphatic carbocycles. The lowest BCUT2D eigenvalue weighted by Crippen LogP contribution is -2.58. The second kappa shape index (κ2) is 16.9. The first-order chi connectivity index (χ1) is 24.0. The number of amides is 3. The summed E-state index contributed by atoms with van der Waals surface area (Å²) >= 11 is 0. The molecule has 0 radical (unpaired) electrons. The Balaban J connectivity index is 1.35. The number of nitrogens with one attached hydrogen (secondary N) is 3. The molecule has 0 spiro atoms. The SMILES string of the molecule is COC(=O)NC(C(=O)NC(Cc1ccc(-c2ccccn2)cc1)C(O)CC(Cc1ccccc1)NC(=O)O[C@H]1CO[C@@H]2OCC[C@@H]21)C(C)(C)C. The number of ether oxygens (including phenoxy) is 4. The number of methoxy groups -OCH3 is 1. The maximum Gasteiger partial charge on any atom is 0.407 e. The fourth-order valence-corrected chi connectivity index (χ4v) is 6.43.